The van der Waals surface area contributed by atoms with Gasteiger partial charge in [0.05, 0.1) is 24.5 Å². The fourth-order valence-corrected chi connectivity index (χ4v) is 3.73. The molecule has 0 saturated heterocycles. The van der Waals surface area contributed by atoms with Crippen molar-refractivity contribution in [2.24, 2.45) is 0 Å². The molecule has 2 aliphatic carbocycles. The Bertz CT molecular complexity index is 725. The Morgan fingerprint density at radius 3 is 2.96 bits per heavy atom. The van der Waals surface area contributed by atoms with E-state index in [4.69, 9.17) is 4.42 Å². The average molecular weight is 312 g/mol. The molecule has 2 aliphatic rings. The topological polar surface area (TPSA) is 74.5 Å². The third kappa shape index (κ3) is 2.61. The summed E-state index contributed by atoms with van der Waals surface area (Å²) < 4.78 is 5.45. The van der Waals surface area contributed by atoms with E-state index in [2.05, 4.69) is 10.6 Å². The maximum atomic E-state index is 12.4. The van der Waals surface area contributed by atoms with Gasteiger partial charge in [0.1, 0.15) is 5.76 Å². The lowest BCUT2D eigenvalue weighted by Crippen LogP contribution is -2.42. The van der Waals surface area contributed by atoms with Crippen LogP contribution in [0.25, 0.3) is 0 Å². The van der Waals surface area contributed by atoms with Crippen LogP contribution in [0, 0.1) is 0 Å². The molecule has 3 atom stereocenters. The molecule has 23 heavy (non-hydrogen) atoms. The number of aliphatic hydroxyl groups is 1. The molecule has 3 unspecified atom stereocenters. The second kappa shape index (κ2) is 5.74. The number of aryl methyl sites for hydroxylation is 1. The Morgan fingerprint density at radius 2 is 2.04 bits per heavy atom. The minimum absolute atomic E-state index is 0.0220. The van der Waals surface area contributed by atoms with E-state index >= 15 is 0 Å². The van der Waals surface area contributed by atoms with Crippen molar-refractivity contribution in [1.29, 1.82) is 0 Å². The molecule has 5 heteroatoms. The average Bonchev–Trinajstić information content (AvgIpc) is 3.13. The lowest BCUT2D eigenvalue weighted by Gasteiger charge is -2.25. The summed E-state index contributed by atoms with van der Waals surface area (Å²) in [5, 5.41) is 16.2. The highest BCUT2D eigenvalue weighted by molar-refractivity contribution is 5.75. The van der Waals surface area contributed by atoms with Crippen molar-refractivity contribution in [1.82, 2.24) is 10.6 Å². The van der Waals surface area contributed by atoms with Gasteiger partial charge in [-0.25, -0.2) is 4.79 Å². The molecule has 1 aromatic carbocycles. The largest absolute Gasteiger partial charge is 0.469 e. The van der Waals surface area contributed by atoms with Gasteiger partial charge in [0.15, 0.2) is 0 Å². The predicted molar refractivity (Wildman–Crippen MR) is 84.9 cm³/mol. The maximum Gasteiger partial charge on any atom is 0.315 e. The SMILES string of the molecule is O=C(NC1CCCc2occc21)NC1c2ccccc2CC1O. The van der Waals surface area contributed by atoms with Crippen LogP contribution in [0.2, 0.25) is 0 Å². The van der Waals surface area contributed by atoms with Crippen LogP contribution < -0.4 is 10.6 Å². The molecule has 1 aromatic heterocycles. The highest BCUT2D eigenvalue weighted by Gasteiger charge is 2.32. The van der Waals surface area contributed by atoms with Gasteiger partial charge in [-0.2, -0.15) is 0 Å². The Labute approximate surface area is 134 Å². The van der Waals surface area contributed by atoms with Crippen molar-refractivity contribution in [2.45, 2.75) is 43.9 Å². The number of fused-ring (bicyclic) bond motifs is 2. The number of furan rings is 1. The Hall–Kier alpha value is -2.27. The molecule has 0 aliphatic heterocycles. The Balaban J connectivity index is 1.46. The van der Waals surface area contributed by atoms with Gasteiger partial charge in [0.25, 0.3) is 0 Å². The third-order valence-corrected chi connectivity index (χ3v) is 4.85. The van der Waals surface area contributed by atoms with Gasteiger partial charge in [-0.05, 0) is 30.0 Å². The van der Waals surface area contributed by atoms with Crippen LogP contribution in [0.15, 0.2) is 41.0 Å². The highest BCUT2D eigenvalue weighted by atomic mass is 16.3. The molecular weight excluding hydrogens is 292 g/mol. The Morgan fingerprint density at radius 1 is 1.17 bits per heavy atom. The molecule has 0 saturated carbocycles. The first-order chi connectivity index (χ1) is 11.2. The van der Waals surface area contributed by atoms with Crippen molar-refractivity contribution < 1.29 is 14.3 Å². The predicted octanol–water partition coefficient (Wildman–Crippen LogP) is 2.61. The second-order valence-electron chi connectivity index (χ2n) is 6.31. The molecule has 0 spiro atoms. The van der Waals surface area contributed by atoms with Crippen molar-refractivity contribution in [3.63, 3.8) is 0 Å². The summed E-state index contributed by atoms with van der Waals surface area (Å²) in [5.74, 6) is 0.966. The smallest absolute Gasteiger partial charge is 0.315 e. The lowest BCUT2D eigenvalue weighted by atomic mass is 9.93. The summed E-state index contributed by atoms with van der Waals surface area (Å²) in [5.41, 5.74) is 3.17. The molecular formula is C18H20N2O3. The van der Waals surface area contributed by atoms with E-state index in [9.17, 15) is 9.90 Å². The first kappa shape index (κ1) is 14.3. The van der Waals surface area contributed by atoms with Crippen molar-refractivity contribution in [3.8, 4) is 0 Å². The van der Waals surface area contributed by atoms with Crippen LogP contribution in [-0.4, -0.2) is 17.2 Å². The van der Waals surface area contributed by atoms with Crippen molar-refractivity contribution >= 4 is 6.03 Å². The number of urea groups is 1. The molecule has 4 rings (SSSR count). The third-order valence-electron chi connectivity index (χ3n) is 4.85. The van der Waals surface area contributed by atoms with Crippen LogP contribution >= 0.6 is 0 Å². The van der Waals surface area contributed by atoms with Gasteiger partial charge in [0, 0.05) is 18.4 Å². The number of benzene rings is 1. The molecule has 0 bridgehead atoms. The van der Waals surface area contributed by atoms with E-state index in [-0.39, 0.29) is 18.1 Å². The zero-order valence-corrected chi connectivity index (χ0v) is 12.8. The van der Waals surface area contributed by atoms with Gasteiger partial charge in [-0.15, -0.1) is 0 Å². The summed E-state index contributed by atoms with van der Waals surface area (Å²) in [6, 6.07) is 9.16. The number of carbonyl (C=O) groups is 1. The van der Waals surface area contributed by atoms with E-state index in [0.29, 0.717) is 6.42 Å². The number of hydrogen-bond acceptors (Lipinski definition) is 3. The van der Waals surface area contributed by atoms with E-state index in [1.165, 1.54) is 0 Å². The quantitative estimate of drug-likeness (QED) is 0.798. The van der Waals surface area contributed by atoms with Crippen molar-refractivity contribution in [3.05, 3.63) is 59.0 Å². The van der Waals surface area contributed by atoms with E-state index < -0.39 is 6.10 Å². The maximum absolute atomic E-state index is 12.4. The van der Waals surface area contributed by atoms with Crippen LogP contribution in [0.5, 0.6) is 0 Å². The first-order valence-corrected chi connectivity index (χ1v) is 8.11. The van der Waals surface area contributed by atoms with E-state index in [0.717, 1.165) is 41.7 Å². The normalized spacial score (nSPS) is 25.5. The van der Waals surface area contributed by atoms with Crippen LogP contribution in [0.4, 0.5) is 4.79 Å². The highest BCUT2D eigenvalue weighted by Crippen LogP contribution is 2.32. The molecule has 5 nitrogen and oxygen atoms in total. The summed E-state index contributed by atoms with van der Waals surface area (Å²) in [6.45, 7) is 0. The van der Waals surface area contributed by atoms with Crippen LogP contribution in [0.1, 0.15) is 47.4 Å². The van der Waals surface area contributed by atoms with Crippen LogP contribution in [-0.2, 0) is 12.8 Å². The van der Waals surface area contributed by atoms with Gasteiger partial charge >= 0.3 is 6.03 Å². The van der Waals surface area contributed by atoms with Gasteiger partial charge < -0.3 is 20.2 Å². The number of rotatable bonds is 2. The van der Waals surface area contributed by atoms with E-state index in [1.54, 1.807) is 6.26 Å². The van der Waals surface area contributed by atoms with Gasteiger partial charge in [-0.1, -0.05) is 24.3 Å². The number of nitrogens with one attached hydrogen (secondary N) is 2. The van der Waals surface area contributed by atoms with Gasteiger partial charge in [0.2, 0.25) is 0 Å². The standard InChI is InChI=1S/C18H20N2O3/c21-15-10-11-4-1-2-5-12(11)17(15)20-18(22)19-14-6-3-7-16-13(14)8-9-23-16/h1-2,4-5,8-9,14-15,17,21H,3,6-7,10H2,(H2,19,20,22). The molecule has 120 valence electrons. The fraction of sp³-hybridized carbons (Fsp3) is 0.389. The van der Waals surface area contributed by atoms with Gasteiger partial charge in [-0.3, -0.25) is 0 Å². The molecule has 0 radical (unpaired) electrons. The fourth-order valence-electron chi connectivity index (χ4n) is 3.73. The Kier molecular flexibility index (Phi) is 3.58. The summed E-state index contributed by atoms with van der Waals surface area (Å²) in [4.78, 5) is 12.4. The monoisotopic (exact) mass is 312 g/mol. The molecule has 3 N–H and O–H groups in total. The first-order valence-electron chi connectivity index (χ1n) is 8.11. The van der Waals surface area contributed by atoms with Crippen molar-refractivity contribution in [2.75, 3.05) is 0 Å². The number of hydrogen-bond donors (Lipinski definition) is 3. The molecule has 2 aromatic rings. The number of carbonyl (C=O) groups excluding carboxylic acids is 1. The molecule has 0 fully saturated rings. The van der Waals surface area contributed by atoms with Crippen LogP contribution in [0.3, 0.4) is 0 Å². The zero-order valence-electron chi connectivity index (χ0n) is 12.8. The summed E-state index contributed by atoms with van der Waals surface area (Å²) in [7, 11) is 0. The summed E-state index contributed by atoms with van der Waals surface area (Å²) in [6.07, 6.45) is 4.52. The minimum Gasteiger partial charge on any atom is -0.469 e. The second-order valence-corrected chi connectivity index (χ2v) is 6.31. The number of amides is 2. The zero-order chi connectivity index (χ0) is 15.8. The molecule has 1 heterocycles. The lowest BCUT2D eigenvalue weighted by molar-refractivity contribution is 0.141. The van der Waals surface area contributed by atoms with E-state index in [1.807, 2.05) is 30.3 Å². The minimum atomic E-state index is -0.575. The molecule has 2 amide bonds. The number of aliphatic hydroxyl groups excluding tert-OH is 1. The summed E-state index contributed by atoms with van der Waals surface area (Å²) >= 11 is 0.